The van der Waals surface area contributed by atoms with Gasteiger partial charge in [0.25, 0.3) is 11.8 Å². The van der Waals surface area contributed by atoms with Crippen molar-refractivity contribution in [1.29, 1.82) is 0 Å². The number of nitrogens with zero attached hydrogens (tertiary/aromatic N) is 2. The normalized spacial score (nSPS) is 17.4. The highest BCUT2D eigenvalue weighted by atomic mass is 16.2. The molecular formula is C25H31N3O2. The van der Waals surface area contributed by atoms with E-state index in [2.05, 4.69) is 29.6 Å². The van der Waals surface area contributed by atoms with E-state index in [9.17, 15) is 9.59 Å². The third kappa shape index (κ3) is 4.57. The monoisotopic (exact) mass is 405 g/mol. The van der Waals surface area contributed by atoms with E-state index in [-0.39, 0.29) is 11.8 Å². The minimum atomic E-state index is 0.0356. The molecule has 0 radical (unpaired) electrons. The van der Waals surface area contributed by atoms with Gasteiger partial charge in [-0.25, -0.2) is 0 Å². The van der Waals surface area contributed by atoms with Gasteiger partial charge in [0.1, 0.15) is 0 Å². The molecule has 2 fully saturated rings. The molecule has 0 unspecified atom stereocenters. The zero-order chi connectivity index (χ0) is 20.9. The third-order valence-electron chi connectivity index (χ3n) is 6.34. The number of rotatable bonds is 5. The summed E-state index contributed by atoms with van der Waals surface area (Å²) in [4.78, 5) is 29.6. The maximum absolute atomic E-state index is 13.1. The first-order valence-corrected chi connectivity index (χ1v) is 11.1. The topological polar surface area (TPSA) is 52.7 Å². The zero-order valence-corrected chi connectivity index (χ0v) is 17.8. The average Bonchev–Trinajstić information content (AvgIpc) is 3.34. The highest BCUT2D eigenvalue weighted by Crippen LogP contribution is 2.29. The number of amides is 2. The number of piperidine rings is 1. The van der Waals surface area contributed by atoms with Gasteiger partial charge < -0.3 is 15.1 Å². The fraction of sp³-hybridized carbons (Fsp3) is 0.440. The van der Waals surface area contributed by atoms with Crippen LogP contribution < -0.4 is 5.32 Å². The quantitative estimate of drug-likeness (QED) is 0.826. The van der Waals surface area contributed by atoms with Crippen molar-refractivity contribution < 1.29 is 9.59 Å². The van der Waals surface area contributed by atoms with Crippen LogP contribution in [0.25, 0.3) is 0 Å². The minimum Gasteiger partial charge on any atom is -0.339 e. The van der Waals surface area contributed by atoms with Crippen LogP contribution in [0.2, 0.25) is 0 Å². The van der Waals surface area contributed by atoms with Gasteiger partial charge in [-0.15, -0.1) is 0 Å². The lowest BCUT2D eigenvalue weighted by atomic mass is 9.88. The fourth-order valence-corrected chi connectivity index (χ4v) is 4.65. The average molecular weight is 406 g/mol. The van der Waals surface area contributed by atoms with E-state index in [4.69, 9.17) is 0 Å². The summed E-state index contributed by atoms with van der Waals surface area (Å²) in [5.74, 6) is 0.574. The molecule has 2 heterocycles. The first kappa shape index (κ1) is 20.6. The van der Waals surface area contributed by atoms with Crippen molar-refractivity contribution in [1.82, 2.24) is 15.1 Å². The predicted octanol–water partition coefficient (Wildman–Crippen LogP) is 3.66. The Morgan fingerprint density at radius 1 is 0.867 bits per heavy atom. The zero-order valence-electron chi connectivity index (χ0n) is 17.8. The molecule has 4 rings (SSSR count). The van der Waals surface area contributed by atoms with Crippen molar-refractivity contribution in [2.45, 2.75) is 38.1 Å². The molecule has 2 aromatic carbocycles. The number of likely N-dealkylation sites (tertiary alicyclic amines) is 2. The summed E-state index contributed by atoms with van der Waals surface area (Å²) in [5, 5.41) is 3.20. The Bertz CT molecular complexity index is 897. The Labute approximate surface area is 179 Å². The highest BCUT2D eigenvalue weighted by molar-refractivity contribution is 5.99. The first-order chi connectivity index (χ1) is 14.7. The maximum Gasteiger partial charge on any atom is 0.253 e. The third-order valence-corrected chi connectivity index (χ3v) is 6.34. The van der Waals surface area contributed by atoms with Crippen LogP contribution in [0.4, 0.5) is 0 Å². The van der Waals surface area contributed by atoms with Crippen molar-refractivity contribution in [2.24, 2.45) is 0 Å². The second kappa shape index (κ2) is 9.43. The Balaban J connectivity index is 1.39. The van der Waals surface area contributed by atoms with Crippen LogP contribution in [0.15, 0.2) is 48.5 Å². The van der Waals surface area contributed by atoms with Gasteiger partial charge in [0, 0.05) is 43.9 Å². The van der Waals surface area contributed by atoms with Crippen molar-refractivity contribution in [3.05, 3.63) is 70.8 Å². The van der Waals surface area contributed by atoms with Gasteiger partial charge in [-0.2, -0.15) is 0 Å². The maximum atomic E-state index is 13.1. The standard InChI is InChI=1S/C25H31N3O2/c1-26-18-19-6-4-7-21(16-19)20-10-14-28(15-11-20)25(30)23-9-5-8-22(17-23)24(29)27-12-2-3-13-27/h4-9,16-17,20,26H,2-3,10-15,18H2,1H3. The number of hydrogen-bond acceptors (Lipinski definition) is 3. The minimum absolute atomic E-state index is 0.0356. The van der Waals surface area contributed by atoms with Crippen LogP contribution in [0, 0.1) is 0 Å². The van der Waals surface area contributed by atoms with Gasteiger partial charge >= 0.3 is 0 Å². The van der Waals surface area contributed by atoms with Crippen molar-refractivity contribution >= 4 is 11.8 Å². The molecule has 30 heavy (non-hydrogen) atoms. The molecule has 0 bridgehead atoms. The second-order valence-corrected chi connectivity index (χ2v) is 8.42. The van der Waals surface area contributed by atoms with Crippen LogP contribution in [0.3, 0.4) is 0 Å². The largest absolute Gasteiger partial charge is 0.339 e. The molecule has 1 N–H and O–H groups in total. The molecule has 2 aliphatic rings. The van der Waals surface area contributed by atoms with Gasteiger partial charge in [0.2, 0.25) is 0 Å². The fourth-order valence-electron chi connectivity index (χ4n) is 4.65. The smallest absolute Gasteiger partial charge is 0.253 e. The Morgan fingerprint density at radius 3 is 2.10 bits per heavy atom. The van der Waals surface area contributed by atoms with E-state index in [0.29, 0.717) is 17.0 Å². The molecule has 0 aromatic heterocycles. The Hall–Kier alpha value is -2.66. The molecule has 2 saturated heterocycles. The van der Waals surface area contributed by atoms with E-state index in [1.807, 2.05) is 35.0 Å². The van der Waals surface area contributed by atoms with Crippen LogP contribution in [0.5, 0.6) is 0 Å². The van der Waals surface area contributed by atoms with Crippen LogP contribution in [-0.2, 0) is 6.54 Å². The molecule has 158 valence electrons. The number of nitrogens with one attached hydrogen (secondary N) is 1. The van der Waals surface area contributed by atoms with Crippen molar-refractivity contribution in [2.75, 3.05) is 33.2 Å². The summed E-state index contributed by atoms with van der Waals surface area (Å²) in [7, 11) is 1.96. The summed E-state index contributed by atoms with van der Waals surface area (Å²) in [6.07, 6.45) is 4.08. The molecule has 5 nitrogen and oxygen atoms in total. The molecule has 2 aromatic rings. The van der Waals surface area contributed by atoms with Crippen molar-refractivity contribution in [3.8, 4) is 0 Å². The first-order valence-electron chi connectivity index (χ1n) is 11.1. The molecular weight excluding hydrogens is 374 g/mol. The number of hydrogen-bond donors (Lipinski definition) is 1. The summed E-state index contributed by atoms with van der Waals surface area (Å²) in [6, 6.07) is 16.0. The van der Waals surface area contributed by atoms with E-state index >= 15 is 0 Å². The van der Waals surface area contributed by atoms with Crippen LogP contribution in [0.1, 0.15) is 63.4 Å². The molecule has 0 saturated carbocycles. The highest BCUT2D eigenvalue weighted by Gasteiger charge is 2.26. The lowest BCUT2D eigenvalue weighted by Gasteiger charge is -2.32. The number of benzene rings is 2. The Morgan fingerprint density at radius 2 is 1.47 bits per heavy atom. The summed E-state index contributed by atoms with van der Waals surface area (Å²) in [6.45, 7) is 4.02. The van der Waals surface area contributed by atoms with Gasteiger partial charge in [-0.1, -0.05) is 30.3 Å². The molecule has 2 aliphatic heterocycles. The van der Waals surface area contributed by atoms with Gasteiger partial charge in [-0.3, -0.25) is 9.59 Å². The summed E-state index contributed by atoms with van der Waals surface area (Å²) in [5.41, 5.74) is 3.91. The van der Waals surface area contributed by atoms with Gasteiger partial charge in [-0.05, 0) is 68.0 Å². The van der Waals surface area contributed by atoms with Crippen molar-refractivity contribution in [3.63, 3.8) is 0 Å². The van der Waals surface area contributed by atoms with Gasteiger partial charge in [0.15, 0.2) is 0 Å². The predicted molar refractivity (Wildman–Crippen MR) is 119 cm³/mol. The number of carbonyl (C=O) groups is 2. The van der Waals surface area contributed by atoms with E-state index in [0.717, 1.165) is 58.4 Å². The summed E-state index contributed by atoms with van der Waals surface area (Å²) < 4.78 is 0. The lowest BCUT2D eigenvalue weighted by Crippen LogP contribution is -2.38. The van der Waals surface area contributed by atoms with E-state index in [1.165, 1.54) is 11.1 Å². The molecule has 0 aliphatic carbocycles. The van der Waals surface area contributed by atoms with Crippen LogP contribution in [-0.4, -0.2) is 54.8 Å². The SMILES string of the molecule is CNCc1cccc(C2CCN(C(=O)c3cccc(C(=O)N4CCCC4)c3)CC2)c1. The van der Waals surface area contributed by atoms with E-state index < -0.39 is 0 Å². The summed E-state index contributed by atoms with van der Waals surface area (Å²) >= 11 is 0. The van der Waals surface area contributed by atoms with Gasteiger partial charge in [0.05, 0.1) is 0 Å². The molecule has 2 amide bonds. The second-order valence-electron chi connectivity index (χ2n) is 8.42. The Kier molecular flexibility index (Phi) is 6.48. The van der Waals surface area contributed by atoms with E-state index in [1.54, 1.807) is 6.07 Å². The molecule has 0 spiro atoms. The molecule has 0 atom stereocenters. The lowest BCUT2D eigenvalue weighted by molar-refractivity contribution is 0.0713. The number of carbonyl (C=O) groups excluding carboxylic acids is 2. The van der Waals surface area contributed by atoms with Crippen LogP contribution >= 0.6 is 0 Å². The molecule has 5 heteroatoms.